The third kappa shape index (κ3) is 11.6. The summed E-state index contributed by atoms with van der Waals surface area (Å²) in [5, 5.41) is 3.08. The van der Waals surface area contributed by atoms with Gasteiger partial charge in [-0.3, -0.25) is 0 Å². The van der Waals surface area contributed by atoms with Crippen molar-refractivity contribution in [2.24, 2.45) is 0 Å². The van der Waals surface area contributed by atoms with E-state index in [2.05, 4.69) is 11.4 Å². The lowest BCUT2D eigenvalue weighted by atomic mass is 10.4. The van der Waals surface area contributed by atoms with Crippen molar-refractivity contribution in [3.05, 3.63) is 12.2 Å². The van der Waals surface area contributed by atoms with Gasteiger partial charge in [-0.2, -0.15) is 0 Å². The maximum atomic E-state index is 5.33. The van der Waals surface area contributed by atoms with E-state index in [1.807, 2.05) is 27.0 Å². The average molecular weight is 201 g/mol. The van der Waals surface area contributed by atoms with Gasteiger partial charge >= 0.3 is 0 Å². The molecule has 0 aliphatic rings. The molecule has 0 aromatic rings. The molecular weight excluding hydrogens is 178 g/mol. The van der Waals surface area contributed by atoms with Crippen LogP contribution >= 0.6 is 0 Å². The molecule has 0 spiro atoms. The highest BCUT2D eigenvalue weighted by atomic mass is 16.5. The van der Waals surface area contributed by atoms with E-state index in [1.165, 1.54) is 0 Å². The molecule has 14 heavy (non-hydrogen) atoms. The van der Waals surface area contributed by atoms with Crippen molar-refractivity contribution in [1.29, 1.82) is 0 Å². The first-order chi connectivity index (χ1) is 6.77. The van der Waals surface area contributed by atoms with Crippen LogP contribution in [0, 0.1) is 0 Å². The number of rotatable bonds is 9. The standard InChI is InChI=1S/C11H23NO2/c1-11(2)14-10-9-13-8-6-4-5-7-12-3/h4,6,11-12H,5,7-10H2,1-3H3/b6-4-. The van der Waals surface area contributed by atoms with Crippen LogP contribution in [0.1, 0.15) is 20.3 Å². The second-order valence-corrected chi connectivity index (χ2v) is 3.36. The fourth-order valence-electron chi connectivity index (χ4n) is 0.908. The molecule has 0 radical (unpaired) electrons. The Bertz CT molecular complexity index is 135. The zero-order valence-electron chi connectivity index (χ0n) is 9.58. The number of hydrogen-bond acceptors (Lipinski definition) is 3. The van der Waals surface area contributed by atoms with Gasteiger partial charge in [-0.25, -0.2) is 0 Å². The molecule has 0 aromatic carbocycles. The van der Waals surface area contributed by atoms with Crippen molar-refractivity contribution >= 4 is 0 Å². The summed E-state index contributed by atoms with van der Waals surface area (Å²) < 4.78 is 10.7. The summed E-state index contributed by atoms with van der Waals surface area (Å²) in [6, 6.07) is 0. The minimum absolute atomic E-state index is 0.296. The molecule has 0 aliphatic carbocycles. The number of ether oxygens (including phenoxy) is 2. The quantitative estimate of drug-likeness (QED) is 0.454. The van der Waals surface area contributed by atoms with Gasteiger partial charge in [-0.05, 0) is 33.9 Å². The van der Waals surface area contributed by atoms with Gasteiger partial charge in [0.15, 0.2) is 0 Å². The van der Waals surface area contributed by atoms with Gasteiger partial charge < -0.3 is 14.8 Å². The molecule has 0 saturated heterocycles. The minimum atomic E-state index is 0.296. The lowest BCUT2D eigenvalue weighted by Gasteiger charge is -2.06. The van der Waals surface area contributed by atoms with E-state index >= 15 is 0 Å². The summed E-state index contributed by atoms with van der Waals surface area (Å²) in [5.41, 5.74) is 0. The van der Waals surface area contributed by atoms with Gasteiger partial charge in [-0.15, -0.1) is 0 Å². The van der Waals surface area contributed by atoms with Gasteiger partial charge in [0.25, 0.3) is 0 Å². The Kier molecular flexibility index (Phi) is 10.4. The molecular formula is C11H23NO2. The van der Waals surface area contributed by atoms with Crippen molar-refractivity contribution in [3.63, 3.8) is 0 Å². The highest BCUT2D eigenvalue weighted by molar-refractivity contribution is 4.81. The zero-order chi connectivity index (χ0) is 10.6. The van der Waals surface area contributed by atoms with Crippen LogP contribution in [0.4, 0.5) is 0 Å². The first-order valence-electron chi connectivity index (χ1n) is 5.26. The Morgan fingerprint density at radius 3 is 2.64 bits per heavy atom. The van der Waals surface area contributed by atoms with Crippen LogP contribution in [-0.4, -0.2) is 39.5 Å². The van der Waals surface area contributed by atoms with Gasteiger partial charge in [0.2, 0.25) is 0 Å². The van der Waals surface area contributed by atoms with Crippen LogP contribution in [0.2, 0.25) is 0 Å². The predicted octanol–water partition coefficient (Wildman–Crippen LogP) is 1.59. The fourth-order valence-corrected chi connectivity index (χ4v) is 0.908. The van der Waals surface area contributed by atoms with E-state index in [0.717, 1.165) is 13.0 Å². The number of hydrogen-bond donors (Lipinski definition) is 1. The summed E-state index contributed by atoms with van der Waals surface area (Å²) in [7, 11) is 1.95. The van der Waals surface area contributed by atoms with Crippen molar-refractivity contribution < 1.29 is 9.47 Å². The lowest BCUT2D eigenvalue weighted by molar-refractivity contribution is 0.0268. The highest BCUT2D eigenvalue weighted by Crippen LogP contribution is 1.88. The van der Waals surface area contributed by atoms with E-state index in [-0.39, 0.29) is 0 Å². The highest BCUT2D eigenvalue weighted by Gasteiger charge is 1.91. The second-order valence-electron chi connectivity index (χ2n) is 3.36. The van der Waals surface area contributed by atoms with E-state index in [0.29, 0.717) is 25.9 Å². The maximum absolute atomic E-state index is 5.33. The molecule has 3 nitrogen and oxygen atoms in total. The lowest BCUT2D eigenvalue weighted by Crippen LogP contribution is -2.09. The number of nitrogens with one attached hydrogen (secondary N) is 1. The van der Waals surface area contributed by atoms with Crippen LogP contribution in [0.3, 0.4) is 0 Å². The van der Waals surface area contributed by atoms with E-state index in [1.54, 1.807) is 0 Å². The normalized spacial score (nSPS) is 11.7. The van der Waals surface area contributed by atoms with Gasteiger partial charge in [0.1, 0.15) is 0 Å². The van der Waals surface area contributed by atoms with E-state index < -0.39 is 0 Å². The SMILES string of the molecule is CNCC/C=C\COCCOC(C)C. The molecule has 0 saturated carbocycles. The Hall–Kier alpha value is -0.380. The van der Waals surface area contributed by atoms with Gasteiger partial charge in [-0.1, -0.05) is 12.2 Å². The molecule has 0 heterocycles. The Balaban J connectivity index is 3.01. The topological polar surface area (TPSA) is 30.5 Å². The molecule has 0 unspecified atom stereocenters. The van der Waals surface area contributed by atoms with Crippen molar-refractivity contribution in [2.45, 2.75) is 26.4 Å². The smallest absolute Gasteiger partial charge is 0.0704 e. The summed E-state index contributed by atoms with van der Waals surface area (Å²) in [6.07, 6.45) is 5.53. The van der Waals surface area contributed by atoms with Crippen molar-refractivity contribution in [1.82, 2.24) is 5.32 Å². The Morgan fingerprint density at radius 1 is 1.21 bits per heavy atom. The van der Waals surface area contributed by atoms with Gasteiger partial charge in [0, 0.05) is 0 Å². The second kappa shape index (κ2) is 10.7. The molecule has 0 bridgehead atoms. The van der Waals surface area contributed by atoms with E-state index in [4.69, 9.17) is 9.47 Å². The molecule has 0 aliphatic heterocycles. The molecule has 0 amide bonds. The summed E-state index contributed by atoms with van der Waals surface area (Å²) in [6.45, 7) is 7.12. The predicted molar refractivity (Wildman–Crippen MR) is 59.6 cm³/mol. The van der Waals surface area contributed by atoms with Crippen LogP contribution < -0.4 is 5.32 Å². The summed E-state index contributed by atoms with van der Waals surface area (Å²) >= 11 is 0. The van der Waals surface area contributed by atoms with Crippen molar-refractivity contribution in [2.75, 3.05) is 33.4 Å². The molecule has 0 atom stereocenters. The molecule has 0 fully saturated rings. The molecule has 0 rings (SSSR count). The first-order valence-corrected chi connectivity index (χ1v) is 5.26. The molecule has 3 heteroatoms. The maximum Gasteiger partial charge on any atom is 0.0704 e. The molecule has 1 N–H and O–H groups in total. The summed E-state index contributed by atoms with van der Waals surface area (Å²) in [4.78, 5) is 0. The third-order valence-electron chi connectivity index (χ3n) is 1.62. The van der Waals surface area contributed by atoms with Crippen LogP contribution in [0.5, 0.6) is 0 Å². The Morgan fingerprint density at radius 2 is 2.00 bits per heavy atom. The van der Waals surface area contributed by atoms with Crippen LogP contribution in [0.25, 0.3) is 0 Å². The van der Waals surface area contributed by atoms with Crippen LogP contribution in [0.15, 0.2) is 12.2 Å². The third-order valence-corrected chi connectivity index (χ3v) is 1.62. The van der Waals surface area contributed by atoms with Gasteiger partial charge in [0.05, 0.1) is 25.9 Å². The zero-order valence-corrected chi connectivity index (χ0v) is 9.58. The summed E-state index contributed by atoms with van der Waals surface area (Å²) in [5.74, 6) is 0. The largest absolute Gasteiger partial charge is 0.376 e. The van der Waals surface area contributed by atoms with Crippen LogP contribution in [-0.2, 0) is 9.47 Å². The molecule has 84 valence electrons. The Labute approximate surface area is 87.5 Å². The van der Waals surface area contributed by atoms with E-state index in [9.17, 15) is 0 Å². The average Bonchev–Trinajstić information content (AvgIpc) is 2.15. The monoisotopic (exact) mass is 201 g/mol. The van der Waals surface area contributed by atoms with Crippen molar-refractivity contribution in [3.8, 4) is 0 Å². The minimum Gasteiger partial charge on any atom is -0.376 e. The first kappa shape index (κ1) is 13.6. The molecule has 0 aromatic heterocycles. The fraction of sp³-hybridized carbons (Fsp3) is 0.818.